The van der Waals surface area contributed by atoms with Gasteiger partial charge < -0.3 is 10.2 Å². The van der Waals surface area contributed by atoms with Crippen LogP contribution in [0.5, 0.6) is 0 Å². The number of sulfonamides is 1. The molecule has 0 spiro atoms. The maximum Gasteiger partial charge on any atom is 0.264 e. The van der Waals surface area contributed by atoms with Gasteiger partial charge in [0.25, 0.3) is 15.9 Å². The van der Waals surface area contributed by atoms with E-state index in [9.17, 15) is 13.2 Å². The van der Waals surface area contributed by atoms with Crippen molar-refractivity contribution in [2.45, 2.75) is 11.4 Å². The molecule has 0 aliphatic carbocycles. The highest BCUT2D eigenvalue weighted by atomic mass is 32.2. The molecule has 0 atom stereocenters. The van der Waals surface area contributed by atoms with Crippen LogP contribution in [-0.4, -0.2) is 33.4 Å². The molecule has 0 radical (unpaired) electrons. The van der Waals surface area contributed by atoms with Crippen LogP contribution in [0.4, 0.5) is 11.4 Å². The number of hydrogen-bond donors (Lipinski definition) is 2. The Balaban J connectivity index is 1.63. The van der Waals surface area contributed by atoms with Crippen LogP contribution in [-0.2, 0) is 16.6 Å². The summed E-state index contributed by atoms with van der Waals surface area (Å²) >= 11 is 0. The fraction of sp³-hybridized carbons (Fsp3) is 0.120. The van der Waals surface area contributed by atoms with Crippen LogP contribution in [0.25, 0.3) is 10.9 Å². The van der Waals surface area contributed by atoms with Crippen LogP contribution in [0.2, 0.25) is 0 Å². The second-order valence-corrected chi connectivity index (χ2v) is 9.38. The molecule has 7 nitrogen and oxygen atoms in total. The molecule has 0 unspecified atom stereocenters. The van der Waals surface area contributed by atoms with Crippen LogP contribution >= 0.6 is 0 Å². The summed E-state index contributed by atoms with van der Waals surface area (Å²) in [6.07, 6.45) is 1.56. The van der Waals surface area contributed by atoms with Crippen molar-refractivity contribution in [2.75, 3.05) is 23.7 Å². The number of nitrogens with one attached hydrogen (secondary N) is 2. The molecule has 0 bridgehead atoms. The van der Waals surface area contributed by atoms with Crippen molar-refractivity contribution >= 4 is 38.2 Å². The Bertz CT molecular complexity index is 1400. The number of benzene rings is 3. The van der Waals surface area contributed by atoms with Gasteiger partial charge in [-0.3, -0.25) is 14.5 Å². The number of amides is 1. The summed E-state index contributed by atoms with van der Waals surface area (Å²) < 4.78 is 28.9. The minimum atomic E-state index is -3.93. The number of anilines is 2. The smallest absolute Gasteiger partial charge is 0.264 e. The van der Waals surface area contributed by atoms with E-state index in [-0.39, 0.29) is 10.8 Å². The standard InChI is InChI=1S/C25H24N4O3S/c1-29(2)22-14-13-20(16-21(22)25(30)27-17-18-8-4-3-5-9-18)28-33(31,32)23-12-6-10-19-11-7-15-26-24(19)23/h3-16,28H,17H2,1-2H3,(H,27,30). The Labute approximate surface area is 193 Å². The van der Waals surface area contributed by atoms with Crippen molar-refractivity contribution in [1.29, 1.82) is 0 Å². The van der Waals surface area contributed by atoms with E-state index in [2.05, 4.69) is 15.0 Å². The fourth-order valence-corrected chi connectivity index (χ4v) is 4.78. The SMILES string of the molecule is CN(C)c1ccc(NS(=O)(=O)c2cccc3cccnc23)cc1C(=O)NCc1ccccc1. The lowest BCUT2D eigenvalue weighted by Crippen LogP contribution is -2.25. The first kappa shape index (κ1) is 22.3. The summed E-state index contributed by atoms with van der Waals surface area (Å²) in [6, 6.07) is 23.0. The zero-order valence-corrected chi connectivity index (χ0v) is 19.1. The number of hydrogen-bond acceptors (Lipinski definition) is 5. The third-order valence-corrected chi connectivity index (χ3v) is 6.57. The molecular weight excluding hydrogens is 436 g/mol. The summed E-state index contributed by atoms with van der Waals surface area (Å²) in [5, 5.41) is 3.63. The molecule has 1 heterocycles. The van der Waals surface area contributed by atoms with E-state index in [1.54, 1.807) is 36.5 Å². The van der Waals surface area contributed by atoms with Crippen molar-refractivity contribution in [3.05, 3.63) is 96.2 Å². The molecule has 4 rings (SSSR count). The van der Waals surface area contributed by atoms with Crippen LogP contribution in [0.3, 0.4) is 0 Å². The van der Waals surface area contributed by atoms with Crippen molar-refractivity contribution in [3.8, 4) is 0 Å². The van der Waals surface area contributed by atoms with Gasteiger partial charge in [0.1, 0.15) is 4.90 Å². The lowest BCUT2D eigenvalue weighted by Gasteiger charge is -2.19. The van der Waals surface area contributed by atoms with Crippen molar-refractivity contribution < 1.29 is 13.2 Å². The van der Waals surface area contributed by atoms with Gasteiger partial charge in [-0.1, -0.05) is 48.5 Å². The number of rotatable bonds is 7. The molecule has 1 amide bonds. The highest BCUT2D eigenvalue weighted by Crippen LogP contribution is 2.27. The van der Waals surface area contributed by atoms with Crippen LogP contribution in [0.1, 0.15) is 15.9 Å². The number of fused-ring (bicyclic) bond motifs is 1. The van der Waals surface area contributed by atoms with Gasteiger partial charge in [-0.2, -0.15) is 0 Å². The molecular formula is C25H24N4O3S. The molecule has 0 aliphatic heterocycles. The monoisotopic (exact) mass is 460 g/mol. The van der Waals surface area contributed by atoms with E-state index in [1.165, 1.54) is 6.07 Å². The number of aromatic nitrogens is 1. The molecule has 2 N–H and O–H groups in total. The molecule has 8 heteroatoms. The summed E-state index contributed by atoms with van der Waals surface area (Å²) in [6.45, 7) is 0.365. The lowest BCUT2D eigenvalue weighted by molar-refractivity contribution is 0.0951. The zero-order chi connectivity index (χ0) is 23.4. The zero-order valence-electron chi connectivity index (χ0n) is 18.3. The second-order valence-electron chi connectivity index (χ2n) is 7.73. The van der Waals surface area contributed by atoms with E-state index in [0.717, 1.165) is 10.9 Å². The molecule has 1 aromatic heterocycles. The van der Waals surface area contributed by atoms with Crippen LogP contribution in [0, 0.1) is 0 Å². The number of carbonyl (C=O) groups excluding carboxylic acids is 1. The van der Waals surface area contributed by atoms with Crippen molar-refractivity contribution in [2.24, 2.45) is 0 Å². The molecule has 4 aromatic rings. The van der Waals surface area contributed by atoms with Crippen molar-refractivity contribution in [1.82, 2.24) is 10.3 Å². The van der Waals surface area contributed by atoms with Gasteiger partial charge in [-0.05, 0) is 35.9 Å². The Morgan fingerprint density at radius 1 is 0.939 bits per heavy atom. The first-order valence-electron chi connectivity index (χ1n) is 10.4. The van der Waals surface area contributed by atoms with Gasteiger partial charge >= 0.3 is 0 Å². The number of para-hydroxylation sites is 1. The summed E-state index contributed by atoms with van der Waals surface area (Å²) in [5.41, 5.74) is 2.69. The van der Waals surface area contributed by atoms with Crippen LogP contribution < -0.4 is 14.9 Å². The number of pyridine rings is 1. The first-order valence-corrected chi connectivity index (χ1v) is 11.8. The van der Waals surface area contributed by atoms with E-state index in [4.69, 9.17) is 0 Å². The molecule has 3 aromatic carbocycles. The average molecular weight is 461 g/mol. The third-order valence-electron chi connectivity index (χ3n) is 5.16. The van der Waals surface area contributed by atoms with E-state index in [1.807, 2.05) is 61.5 Å². The minimum Gasteiger partial charge on any atom is -0.377 e. The summed E-state index contributed by atoms with van der Waals surface area (Å²) in [5.74, 6) is -0.296. The summed E-state index contributed by atoms with van der Waals surface area (Å²) in [7, 11) is -0.272. The second kappa shape index (κ2) is 9.30. The number of carbonyl (C=O) groups is 1. The maximum absolute atomic E-state index is 13.2. The lowest BCUT2D eigenvalue weighted by atomic mass is 10.1. The van der Waals surface area contributed by atoms with E-state index in [0.29, 0.717) is 29.0 Å². The largest absolute Gasteiger partial charge is 0.377 e. The van der Waals surface area contributed by atoms with Gasteiger partial charge in [0.15, 0.2) is 0 Å². The first-order chi connectivity index (χ1) is 15.8. The quantitative estimate of drug-likeness (QED) is 0.435. The molecule has 0 saturated heterocycles. The highest BCUT2D eigenvalue weighted by Gasteiger charge is 2.20. The Hall–Kier alpha value is -3.91. The van der Waals surface area contributed by atoms with Crippen LogP contribution in [0.15, 0.2) is 90.0 Å². The Morgan fingerprint density at radius 3 is 2.45 bits per heavy atom. The Kier molecular flexibility index (Phi) is 6.28. The molecule has 33 heavy (non-hydrogen) atoms. The molecule has 0 aliphatic rings. The van der Waals surface area contributed by atoms with Gasteiger partial charge in [-0.25, -0.2) is 8.42 Å². The van der Waals surface area contributed by atoms with Crippen molar-refractivity contribution in [3.63, 3.8) is 0 Å². The van der Waals surface area contributed by atoms with E-state index < -0.39 is 10.0 Å². The third kappa shape index (κ3) is 4.96. The van der Waals surface area contributed by atoms with Gasteiger partial charge in [0.05, 0.1) is 11.1 Å². The minimum absolute atomic E-state index is 0.0763. The van der Waals surface area contributed by atoms with Gasteiger partial charge in [0, 0.05) is 43.6 Å². The maximum atomic E-state index is 13.2. The Morgan fingerprint density at radius 2 is 1.70 bits per heavy atom. The van der Waals surface area contributed by atoms with Gasteiger partial charge in [-0.15, -0.1) is 0 Å². The number of nitrogens with zero attached hydrogens (tertiary/aromatic N) is 2. The van der Waals surface area contributed by atoms with Gasteiger partial charge in [0.2, 0.25) is 0 Å². The fourth-order valence-electron chi connectivity index (χ4n) is 3.55. The predicted octanol–water partition coefficient (Wildman–Crippen LogP) is 4.03. The molecule has 168 valence electrons. The molecule has 0 saturated carbocycles. The topological polar surface area (TPSA) is 91.4 Å². The molecule has 0 fully saturated rings. The summed E-state index contributed by atoms with van der Waals surface area (Å²) in [4.78, 5) is 19.1. The highest BCUT2D eigenvalue weighted by molar-refractivity contribution is 7.93. The van der Waals surface area contributed by atoms with E-state index >= 15 is 0 Å². The predicted molar refractivity (Wildman–Crippen MR) is 131 cm³/mol. The average Bonchev–Trinajstić information content (AvgIpc) is 2.82. The normalized spacial score (nSPS) is 11.2.